The fraction of sp³-hybridized carbons (Fsp3) is 0.769. The summed E-state index contributed by atoms with van der Waals surface area (Å²) in [6.45, 7) is 8.34. The van der Waals surface area contributed by atoms with E-state index in [9.17, 15) is 10.1 Å². The van der Waals surface area contributed by atoms with Gasteiger partial charge in [0.1, 0.15) is 5.69 Å². The van der Waals surface area contributed by atoms with E-state index in [0.717, 1.165) is 19.4 Å². The van der Waals surface area contributed by atoms with Crippen molar-refractivity contribution in [3.8, 4) is 0 Å². The van der Waals surface area contributed by atoms with Crippen molar-refractivity contribution < 1.29 is 9.66 Å². The molecule has 1 saturated heterocycles. The van der Waals surface area contributed by atoms with Gasteiger partial charge in [0.15, 0.2) is 0 Å². The number of hydrogen-bond donors (Lipinski definition) is 1. The number of nitrogens with one attached hydrogen (secondary N) is 1. The number of nitro groups is 1. The first kappa shape index (κ1) is 14.8. The van der Waals surface area contributed by atoms with E-state index in [0.29, 0.717) is 11.5 Å². The largest absolute Gasteiger partial charge is 0.376 e. The third-order valence-electron chi connectivity index (χ3n) is 3.61. The van der Waals surface area contributed by atoms with Gasteiger partial charge in [0, 0.05) is 12.6 Å². The molecule has 0 aliphatic carbocycles. The first-order valence-corrected chi connectivity index (χ1v) is 7.03. The van der Waals surface area contributed by atoms with Crippen LogP contribution in [0.25, 0.3) is 0 Å². The summed E-state index contributed by atoms with van der Waals surface area (Å²) >= 11 is 0. The molecule has 2 unspecified atom stereocenters. The molecule has 1 aromatic rings. The SMILES string of the molecule is Cc1nn(C(C)C)c(NC(C)C2CCCO2)c1[N+](=O)[O-]. The quantitative estimate of drug-likeness (QED) is 0.663. The van der Waals surface area contributed by atoms with Gasteiger partial charge in [-0.2, -0.15) is 5.10 Å². The smallest absolute Gasteiger partial charge is 0.333 e. The molecule has 7 nitrogen and oxygen atoms in total. The molecular weight excluding hydrogens is 260 g/mol. The van der Waals surface area contributed by atoms with Gasteiger partial charge in [-0.25, -0.2) is 4.68 Å². The third kappa shape index (κ3) is 2.77. The highest BCUT2D eigenvalue weighted by Gasteiger charge is 2.30. The van der Waals surface area contributed by atoms with E-state index in [1.54, 1.807) is 11.6 Å². The first-order chi connectivity index (χ1) is 9.41. The normalized spacial score (nSPS) is 20.4. The average molecular weight is 282 g/mol. The van der Waals surface area contributed by atoms with Crippen LogP contribution < -0.4 is 5.32 Å². The molecular formula is C13H22N4O3. The van der Waals surface area contributed by atoms with Crippen LogP contribution in [0.15, 0.2) is 0 Å². The van der Waals surface area contributed by atoms with Crippen molar-refractivity contribution >= 4 is 11.5 Å². The predicted molar refractivity (Wildman–Crippen MR) is 76.1 cm³/mol. The minimum Gasteiger partial charge on any atom is -0.376 e. The Morgan fingerprint density at radius 2 is 2.20 bits per heavy atom. The van der Waals surface area contributed by atoms with Crippen LogP contribution in [0.3, 0.4) is 0 Å². The molecule has 2 atom stereocenters. The highest BCUT2D eigenvalue weighted by Crippen LogP contribution is 2.32. The number of aromatic nitrogens is 2. The lowest BCUT2D eigenvalue weighted by Gasteiger charge is -2.22. The Morgan fingerprint density at radius 3 is 2.70 bits per heavy atom. The van der Waals surface area contributed by atoms with E-state index in [1.807, 2.05) is 20.8 Å². The molecule has 0 aromatic carbocycles. The van der Waals surface area contributed by atoms with Crippen molar-refractivity contribution in [1.29, 1.82) is 0 Å². The maximum atomic E-state index is 11.3. The van der Waals surface area contributed by atoms with Gasteiger partial charge in [-0.1, -0.05) is 0 Å². The van der Waals surface area contributed by atoms with Gasteiger partial charge in [-0.3, -0.25) is 10.1 Å². The average Bonchev–Trinajstić information content (AvgIpc) is 2.96. The summed E-state index contributed by atoms with van der Waals surface area (Å²) in [5, 5.41) is 18.8. The van der Waals surface area contributed by atoms with Gasteiger partial charge in [0.05, 0.1) is 17.1 Å². The van der Waals surface area contributed by atoms with Crippen molar-refractivity contribution in [2.45, 2.75) is 58.7 Å². The van der Waals surface area contributed by atoms with E-state index in [-0.39, 0.29) is 28.8 Å². The van der Waals surface area contributed by atoms with Crippen molar-refractivity contribution in [3.05, 3.63) is 15.8 Å². The van der Waals surface area contributed by atoms with Gasteiger partial charge in [-0.05, 0) is 40.5 Å². The summed E-state index contributed by atoms with van der Waals surface area (Å²) in [4.78, 5) is 10.9. The zero-order chi connectivity index (χ0) is 14.9. The van der Waals surface area contributed by atoms with Gasteiger partial charge >= 0.3 is 5.69 Å². The van der Waals surface area contributed by atoms with Crippen LogP contribution in [0.4, 0.5) is 11.5 Å². The predicted octanol–water partition coefficient (Wildman–Crippen LogP) is 2.66. The third-order valence-corrected chi connectivity index (χ3v) is 3.61. The van der Waals surface area contributed by atoms with Crippen molar-refractivity contribution in [3.63, 3.8) is 0 Å². The lowest BCUT2D eigenvalue weighted by Crippen LogP contribution is -2.31. The number of aryl methyl sites for hydroxylation is 1. The highest BCUT2D eigenvalue weighted by atomic mass is 16.6. The topological polar surface area (TPSA) is 82.2 Å². The van der Waals surface area contributed by atoms with Crippen molar-refractivity contribution in [2.75, 3.05) is 11.9 Å². The second-order valence-corrected chi connectivity index (χ2v) is 5.56. The van der Waals surface area contributed by atoms with Crippen LogP contribution in [0, 0.1) is 17.0 Å². The minimum absolute atomic E-state index is 0.0183. The molecule has 1 aliphatic rings. The van der Waals surface area contributed by atoms with E-state index in [2.05, 4.69) is 10.4 Å². The Hall–Kier alpha value is -1.63. The van der Waals surface area contributed by atoms with Gasteiger partial charge in [-0.15, -0.1) is 0 Å². The second kappa shape index (κ2) is 5.78. The maximum absolute atomic E-state index is 11.3. The van der Waals surface area contributed by atoms with Gasteiger partial charge in [0.25, 0.3) is 0 Å². The Kier molecular flexibility index (Phi) is 4.27. The van der Waals surface area contributed by atoms with Crippen LogP contribution in [0.2, 0.25) is 0 Å². The fourth-order valence-electron chi connectivity index (χ4n) is 2.57. The summed E-state index contributed by atoms with van der Waals surface area (Å²) in [6, 6.07) is 0.0754. The van der Waals surface area contributed by atoms with E-state index >= 15 is 0 Å². The molecule has 20 heavy (non-hydrogen) atoms. The number of anilines is 1. The summed E-state index contributed by atoms with van der Waals surface area (Å²) < 4.78 is 7.31. The van der Waals surface area contributed by atoms with Gasteiger partial charge < -0.3 is 10.1 Å². The van der Waals surface area contributed by atoms with Crippen LogP contribution in [-0.2, 0) is 4.74 Å². The first-order valence-electron chi connectivity index (χ1n) is 7.03. The Morgan fingerprint density at radius 1 is 1.50 bits per heavy atom. The summed E-state index contributed by atoms with van der Waals surface area (Å²) in [5.41, 5.74) is 0.495. The minimum atomic E-state index is -0.369. The summed E-state index contributed by atoms with van der Waals surface area (Å²) in [5.74, 6) is 0.477. The standard InChI is InChI=1S/C13H22N4O3/c1-8(2)16-13(12(17(18)19)10(4)15-16)14-9(3)11-6-5-7-20-11/h8-9,11,14H,5-7H2,1-4H3. The fourth-order valence-corrected chi connectivity index (χ4v) is 2.57. The number of hydrogen-bond acceptors (Lipinski definition) is 5. The lowest BCUT2D eigenvalue weighted by molar-refractivity contribution is -0.384. The van der Waals surface area contributed by atoms with Crippen LogP contribution in [-0.4, -0.2) is 33.5 Å². The van der Waals surface area contributed by atoms with E-state index in [4.69, 9.17) is 4.74 Å². The number of rotatable bonds is 5. The van der Waals surface area contributed by atoms with Crippen LogP contribution in [0.5, 0.6) is 0 Å². The lowest BCUT2D eigenvalue weighted by atomic mass is 10.1. The summed E-state index contributed by atoms with van der Waals surface area (Å²) in [7, 11) is 0. The van der Waals surface area contributed by atoms with Crippen LogP contribution in [0.1, 0.15) is 45.3 Å². The highest BCUT2D eigenvalue weighted by molar-refractivity contribution is 5.60. The van der Waals surface area contributed by atoms with Gasteiger partial charge in [0.2, 0.25) is 5.82 Å². The van der Waals surface area contributed by atoms with Crippen LogP contribution >= 0.6 is 0 Å². The molecule has 112 valence electrons. The van der Waals surface area contributed by atoms with E-state index in [1.165, 1.54) is 0 Å². The molecule has 1 N–H and O–H groups in total. The maximum Gasteiger partial charge on any atom is 0.333 e. The zero-order valence-corrected chi connectivity index (χ0v) is 12.4. The molecule has 0 radical (unpaired) electrons. The molecule has 0 saturated carbocycles. The monoisotopic (exact) mass is 282 g/mol. The Bertz CT molecular complexity index is 492. The van der Waals surface area contributed by atoms with Crippen molar-refractivity contribution in [1.82, 2.24) is 9.78 Å². The molecule has 2 rings (SSSR count). The molecule has 0 spiro atoms. The molecule has 1 aliphatic heterocycles. The molecule has 0 bridgehead atoms. The number of ether oxygens (including phenoxy) is 1. The van der Waals surface area contributed by atoms with Crippen molar-refractivity contribution in [2.24, 2.45) is 0 Å². The Balaban J connectivity index is 2.30. The summed E-state index contributed by atoms with van der Waals surface area (Å²) in [6.07, 6.45) is 2.13. The number of nitrogens with zero attached hydrogens (tertiary/aromatic N) is 3. The second-order valence-electron chi connectivity index (χ2n) is 5.56. The molecule has 1 aromatic heterocycles. The van der Waals surface area contributed by atoms with E-state index < -0.39 is 0 Å². The molecule has 1 fully saturated rings. The zero-order valence-electron chi connectivity index (χ0n) is 12.4. The molecule has 7 heteroatoms. The molecule has 2 heterocycles. The Labute approximate surface area is 118 Å². The molecule has 0 amide bonds.